The smallest absolute Gasteiger partial charge is 0.328 e. The van der Waals surface area contributed by atoms with Gasteiger partial charge < -0.3 is 14.9 Å². The molecule has 0 saturated carbocycles. The predicted molar refractivity (Wildman–Crippen MR) is 136 cm³/mol. The standard InChI is InChI=1S/C16H20N2O4.C10H10N2O2/c1-16(2,3)22-14(20)10-18-13-7-5-4-6-11(13)15(21)12(17-18)8-9-19;13-6-5-9-10(14)7-3-1-2-4-8(7)11-12-9/h4-7,19H,8-10H2,1-3H3;1-4,13H,5-6H2,(H,11,14). The minimum atomic E-state index is -0.583. The van der Waals surface area contributed by atoms with E-state index < -0.39 is 11.6 Å². The number of aliphatic hydroxyl groups excluding tert-OH is 2. The summed E-state index contributed by atoms with van der Waals surface area (Å²) in [7, 11) is 0. The number of nitrogens with zero attached hydrogens (tertiary/aromatic N) is 3. The van der Waals surface area contributed by atoms with Crippen LogP contribution >= 0.6 is 0 Å². The fourth-order valence-corrected chi connectivity index (χ4v) is 3.57. The Bertz CT molecular complexity index is 1470. The fraction of sp³-hybridized carbons (Fsp3) is 0.346. The molecule has 0 amide bonds. The highest BCUT2D eigenvalue weighted by Crippen LogP contribution is 2.12. The van der Waals surface area contributed by atoms with Crippen LogP contribution in [0.2, 0.25) is 0 Å². The molecule has 4 aromatic rings. The molecule has 2 heterocycles. The fourth-order valence-electron chi connectivity index (χ4n) is 3.57. The summed E-state index contributed by atoms with van der Waals surface area (Å²) in [4.78, 5) is 36.0. The molecule has 0 atom stereocenters. The Balaban J connectivity index is 0.000000221. The van der Waals surface area contributed by atoms with Crippen LogP contribution in [0.1, 0.15) is 32.2 Å². The summed E-state index contributed by atoms with van der Waals surface area (Å²) in [5, 5.41) is 29.8. The molecule has 2 aromatic heterocycles. The zero-order valence-corrected chi connectivity index (χ0v) is 20.5. The first kappa shape index (κ1) is 26.7. The van der Waals surface area contributed by atoms with E-state index in [0.29, 0.717) is 28.4 Å². The summed E-state index contributed by atoms with van der Waals surface area (Å²) in [6.45, 7) is 5.05. The molecule has 0 radical (unpaired) electrons. The van der Waals surface area contributed by atoms with Gasteiger partial charge in [-0.2, -0.15) is 10.2 Å². The van der Waals surface area contributed by atoms with E-state index in [1.165, 1.54) is 4.68 Å². The minimum Gasteiger partial charge on any atom is -0.459 e. The Kier molecular flexibility index (Phi) is 8.68. The van der Waals surface area contributed by atoms with Crippen LogP contribution in [0, 0.1) is 0 Å². The highest BCUT2D eigenvalue weighted by Gasteiger charge is 2.18. The molecule has 0 bridgehead atoms. The summed E-state index contributed by atoms with van der Waals surface area (Å²) in [5.41, 5.74) is 1.01. The number of nitrogens with one attached hydrogen (secondary N) is 1. The number of aliphatic hydroxyl groups is 2. The Labute approximate surface area is 207 Å². The number of benzene rings is 2. The molecule has 0 unspecified atom stereocenters. The second kappa shape index (κ2) is 11.7. The highest BCUT2D eigenvalue weighted by atomic mass is 16.6. The molecule has 0 fully saturated rings. The Morgan fingerprint density at radius 1 is 0.917 bits per heavy atom. The van der Waals surface area contributed by atoms with Crippen molar-refractivity contribution in [3.63, 3.8) is 0 Å². The minimum absolute atomic E-state index is 0.0611. The summed E-state index contributed by atoms with van der Waals surface area (Å²) >= 11 is 0. The van der Waals surface area contributed by atoms with E-state index in [9.17, 15) is 14.4 Å². The number of hydrogen-bond acceptors (Lipinski definition) is 8. The number of aromatic nitrogens is 4. The van der Waals surface area contributed by atoms with Gasteiger partial charge in [-0.15, -0.1) is 0 Å². The van der Waals surface area contributed by atoms with Crippen molar-refractivity contribution in [2.45, 2.75) is 45.8 Å². The summed E-state index contributed by atoms with van der Waals surface area (Å²) < 4.78 is 6.75. The highest BCUT2D eigenvalue weighted by molar-refractivity contribution is 5.80. The molecule has 0 saturated heterocycles. The van der Waals surface area contributed by atoms with Gasteiger partial charge in [-0.1, -0.05) is 24.3 Å². The summed E-state index contributed by atoms with van der Waals surface area (Å²) in [6.07, 6.45) is 0.443. The second-order valence-electron chi connectivity index (χ2n) is 9.03. The van der Waals surface area contributed by atoms with Crippen molar-refractivity contribution in [2.75, 3.05) is 13.2 Å². The molecule has 0 aliphatic rings. The Morgan fingerprint density at radius 3 is 2.17 bits per heavy atom. The lowest BCUT2D eigenvalue weighted by Crippen LogP contribution is -2.29. The molecular formula is C26H30N4O6. The molecule has 3 N–H and O–H groups in total. The number of rotatable bonds is 6. The summed E-state index contributed by atoms with van der Waals surface area (Å²) in [5.74, 6) is -0.427. The lowest BCUT2D eigenvalue weighted by atomic mass is 10.1. The third-order valence-corrected chi connectivity index (χ3v) is 5.07. The van der Waals surface area contributed by atoms with Gasteiger partial charge in [-0.05, 0) is 45.0 Å². The largest absolute Gasteiger partial charge is 0.459 e. The molecule has 36 heavy (non-hydrogen) atoms. The van der Waals surface area contributed by atoms with Crippen LogP contribution in [0.3, 0.4) is 0 Å². The monoisotopic (exact) mass is 494 g/mol. The van der Waals surface area contributed by atoms with Crippen molar-refractivity contribution in [3.8, 4) is 0 Å². The van der Waals surface area contributed by atoms with Gasteiger partial charge in [-0.3, -0.25) is 24.2 Å². The van der Waals surface area contributed by atoms with E-state index in [2.05, 4.69) is 15.3 Å². The van der Waals surface area contributed by atoms with Crippen LogP contribution in [0.5, 0.6) is 0 Å². The molecule has 4 rings (SSSR count). The maximum Gasteiger partial charge on any atom is 0.328 e. The number of H-pyrrole nitrogens is 1. The van der Waals surface area contributed by atoms with E-state index in [0.717, 1.165) is 5.52 Å². The van der Waals surface area contributed by atoms with Gasteiger partial charge in [0.15, 0.2) is 0 Å². The summed E-state index contributed by atoms with van der Waals surface area (Å²) in [6, 6.07) is 14.1. The van der Waals surface area contributed by atoms with Gasteiger partial charge in [0, 0.05) is 36.8 Å². The van der Waals surface area contributed by atoms with Gasteiger partial charge in [0.1, 0.15) is 23.5 Å². The van der Waals surface area contributed by atoms with Gasteiger partial charge in [0.25, 0.3) is 0 Å². The van der Waals surface area contributed by atoms with Crippen molar-refractivity contribution in [2.24, 2.45) is 0 Å². The lowest BCUT2D eigenvalue weighted by Gasteiger charge is -2.20. The van der Waals surface area contributed by atoms with Crippen LogP contribution in [0.15, 0.2) is 58.1 Å². The zero-order chi connectivity index (χ0) is 26.3. The van der Waals surface area contributed by atoms with Crippen LogP contribution in [-0.4, -0.2) is 55.0 Å². The number of ether oxygens (including phenoxy) is 1. The average Bonchev–Trinajstić information content (AvgIpc) is 2.83. The number of carbonyl (C=O) groups is 1. The van der Waals surface area contributed by atoms with E-state index in [1.807, 2.05) is 6.07 Å². The Hall–Kier alpha value is -3.89. The SMILES string of the molecule is CC(C)(C)OC(=O)Cn1nc(CCO)c(=O)c2ccccc21.O=c1c(CCO)n[nH]c2ccccc12. The maximum absolute atomic E-state index is 12.3. The number of aromatic amines is 1. The number of para-hydroxylation sites is 2. The van der Waals surface area contributed by atoms with Crippen LogP contribution in [0.4, 0.5) is 0 Å². The molecule has 0 spiro atoms. The van der Waals surface area contributed by atoms with Crippen LogP contribution in [0.25, 0.3) is 21.8 Å². The van der Waals surface area contributed by atoms with Crippen molar-refractivity contribution in [1.82, 2.24) is 20.0 Å². The number of carbonyl (C=O) groups excluding carboxylic acids is 1. The number of esters is 1. The molecule has 190 valence electrons. The maximum atomic E-state index is 12.3. The second-order valence-corrected chi connectivity index (χ2v) is 9.03. The third-order valence-electron chi connectivity index (χ3n) is 5.07. The van der Waals surface area contributed by atoms with Crippen molar-refractivity contribution >= 4 is 27.8 Å². The van der Waals surface area contributed by atoms with Gasteiger partial charge >= 0.3 is 5.97 Å². The van der Waals surface area contributed by atoms with Crippen LogP contribution < -0.4 is 10.9 Å². The van der Waals surface area contributed by atoms with E-state index >= 15 is 0 Å². The van der Waals surface area contributed by atoms with E-state index in [-0.39, 0.29) is 42.7 Å². The molecule has 2 aromatic carbocycles. The third kappa shape index (κ3) is 6.61. The van der Waals surface area contributed by atoms with E-state index in [1.54, 1.807) is 63.2 Å². The quantitative estimate of drug-likeness (QED) is 0.343. The molecular weight excluding hydrogens is 464 g/mol. The molecule has 10 nitrogen and oxygen atoms in total. The number of fused-ring (bicyclic) bond motifs is 2. The van der Waals surface area contributed by atoms with Gasteiger partial charge in [0.05, 0.1) is 11.0 Å². The first-order chi connectivity index (χ1) is 17.1. The molecule has 0 aliphatic heterocycles. The van der Waals surface area contributed by atoms with Gasteiger partial charge in [0.2, 0.25) is 10.9 Å². The first-order valence-corrected chi connectivity index (χ1v) is 11.5. The Morgan fingerprint density at radius 2 is 1.50 bits per heavy atom. The normalized spacial score (nSPS) is 11.2. The van der Waals surface area contributed by atoms with Crippen molar-refractivity contribution in [3.05, 3.63) is 80.4 Å². The topological polar surface area (TPSA) is 147 Å². The lowest BCUT2D eigenvalue weighted by molar-refractivity contribution is -0.155. The van der Waals surface area contributed by atoms with E-state index in [4.69, 9.17) is 14.9 Å². The van der Waals surface area contributed by atoms with Crippen molar-refractivity contribution < 1.29 is 19.7 Å². The number of hydrogen-bond donors (Lipinski definition) is 3. The zero-order valence-electron chi connectivity index (χ0n) is 20.5. The van der Waals surface area contributed by atoms with Gasteiger partial charge in [-0.25, -0.2) is 0 Å². The average molecular weight is 495 g/mol. The predicted octanol–water partition coefficient (Wildman–Crippen LogP) is 1.73. The first-order valence-electron chi connectivity index (χ1n) is 11.5. The van der Waals surface area contributed by atoms with Crippen LogP contribution in [-0.2, 0) is 28.9 Å². The van der Waals surface area contributed by atoms with Crippen molar-refractivity contribution in [1.29, 1.82) is 0 Å². The molecule has 10 heteroatoms. The molecule has 0 aliphatic carbocycles.